The lowest BCUT2D eigenvalue weighted by molar-refractivity contribution is 1.07. The molecule has 0 spiro atoms. The number of hydrogen-bond donors (Lipinski definition) is 1. The summed E-state index contributed by atoms with van der Waals surface area (Å²) in [6.07, 6.45) is 2.50. The van der Waals surface area contributed by atoms with Crippen molar-refractivity contribution in [3.05, 3.63) is 17.8 Å². The lowest BCUT2D eigenvalue weighted by Crippen LogP contribution is -2.29. The van der Waals surface area contributed by atoms with Crippen LogP contribution in [0.4, 0.5) is 5.82 Å². The summed E-state index contributed by atoms with van der Waals surface area (Å²) < 4.78 is 0. The van der Waals surface area contributed by atoms with Crippen molar-refractivity contribution in [3.63, 3.8) is 0 Å². The second kappa shape index (κ2) is 7.58. The summed E-state index contributed by atoms with van der Waals surface area (Å²) in [7, 11) is -1.29. The van der Waals surface area contributed by atoms with Gasteiger partial charge in [-0.15, -0.1) is 22.8 Å². The first-order valence-corrected chi connectivity index (χ1v) is 11.2. The summed E-state index contributed by atoms with van der Waals surface area (Å²) in [5, 5.41) is 6.54. The van der Waals surface area contributed by atoms with E-state index in [-0.39, 0.29) is 0 Å². The zero-order chi connectivity index (χ0) is 15.1. The van der Waals surface area contributed by atoms with Gasteiger partial charge in [-0.1, -0.05) is 20.8 Å². The summed E-state index contributed by atoms with van der Waals surface area (Å²) in [5.41, 5.74) is 3.62. The number of aromatic nitrogens is 2. The van der Waals surface area contributed by atoms with Gasteiger partial charge in [-0.05, 0) is 29.6 Å². The first-order chi connectivity index (χ1) is 10.2. The van der Waals surface area contributed by atoms with E-state index in [0.717, 1.165) is 29.0 Å². The molecule has 0 aliphatic heterocycles. The minimum absolute atomic E-state index is 0.844. The quantitative estimate of drug-likeness (QED) is 0.483. The number of thiophene rings is 1. The van der Waals surface area contributed by atoms with Gasteiger partial charge in [-0.2, -0.15) is 0 Å². The van der Waals surface area contributed by atoms with Crippen molar-refractivity contribution in [2.45, 2.75) is 45.3 Å². The normalized spacial score (nSPS) is 11.2. The Morgan fingerprint density at radius 3 is 2.67 bits per heavy atom. The summed E-state index contributed by atoms with van der Waals surface area (Å²) >= 11 is 1.64. The van der Waals surface area contributed by atoms with Crippen LogP contribution in [0.3, 0.4) is 0 Å². The van der Waals surface area contributed by atoms with Crippen LogP contribution in [0.5, 0.6) is 0 Å². The number of nitrogens with zero attached hydrogens (tertiary/aromatic N) is 2. The highest BCUT2D eigenvalue weighted by molar-refractivity contribution is 7.16. The molecule has 0 atom stereocenters. The standard InChI is InChI=1S/C16H23N3SSi/c1-4-21(5-2,6-3)12-8-7-10-17-15-14-9-11-20-16(14)19-13-18-15/h9,11,13H,4-7,10H2,1-3H3,(H,17,18,19). The van der Waals surface area contributed by atoms with Crippen LogP contribution in [-0.4, -0.2) is 24.6 Å². The third kappa shape index (κ3) is 3.83. The van der Waals surface area contributed by atoms with Gasteiger partial charge in [0.05, 0.1) is 5.39 Å². The Labute approximate surface area is 132 Å². The maximum atomic E-state index is 4.32. The van der Waals surface area contributed by atoms with Crippen molar-refractivity contribution in [2.24, 2.45) is 0 Å². The van der Waals surface area contributed by atoms with E-state index in [0.29, 0.717) is 0 Å². The monoisotopic (exact) mass is 317 g/mol. The average Bonchev–Trinajstić information content (AvgIpc) is 3.01. The Bertz CT molecular complexity index is 629. The van der Waals surface area contributed by atoms with Crippen molar-refractivity contribution in [1.82, 2.24) is 9.97 Å². The van der Waals surface area contributed by atoms with E-state index in [4.69, 9.17) is 0 Å². The minimum Gasteiger partial charge on any atom is -0.368 e. The molecular weight excluding hydrogens is 294 g/mol. The van der Waals surface area contributed by atoms with Gasteiger partial charge < -0.3 is 5.32 Å². The second-order valence-electron chi connectivity index (χ2n) is 5.18. The van der Waals surface area contributed by atoms with Gasteiger partial charge in [0.25, 0.3) is 0 Å². The van der Waals surface area contributed by atoms with Crippen molar-refractivity contribution in [3.8, 4) is 11.5 Å². The second-order valence-corrected chi connectivity index (χ2v) is 11.0. The fraction of sp³-hybridized carbons (Fsp3) is 0.500. The van der Waals surface area contributed by atoms with Crippen molar-refractivity contribution in [1.29, 1.82) is 0 Å². The Morgan fingerprint density at radius 1 is 1.19 bits per heavy atom. The van der Waals surface area contributed by atoms with Crippen molar-refractivity contribution >= 4 is 35.4 Å². The average molecular weight is 318 g/mol. The fourth-order valence-corrected chi connectivity index (χ4v) is 5.70. The maximum absolute atomic E-state index is 4.32. The summed E-state index contributed by atoms with van der Waals surface area (Å²) in [6, 6.07) is 5.86. The van der Waals surface area contributed by atoms with E-state index in [9.17, 15) is 0 Å². The van der Waals surface area contributed by atoms with Crippen LogP contribution in [0.2, 0.25) is 18.1 Å². The van der Waals surface area contributed by atoms with Crippen LogP contribution in [0.1, 0.15) is 27.2 Å². The predicted octanol–water partition coefficient (Wildman–Crippen LogP) is 4.54. The van der Waals surface area contributed by atoms with Crippen LogP contribution >= 0.6 is 11.3 Å². The Hall–Kier alpha value is -1.38. The molecule has 0 aliphatic rings. The molecule has 2 rings (SSSR count). The van der Waals surface area contributed by atoms with Crippen molar-refractivity contribution in [2.75, 3.05) is 11.9 Å². The molecule has 0 saturated heterocycles. The molecule has 2 heterocycles. The third-order valence-electron chi connectivity index (χ3n) is 4.19. The van der Waals surface area contributed by atoms with E-state index in [1.54, 1.807) is 17.7 Å². The zero-order valence-corrected chi connectivity index (χ0v) is 14.9. The topological polar surface area (TPSA) is 37.8 Å². The van der Waals surface area contributed by atoms with E-state index >= 15 is 0 Å². The van der Waals surface area contributed by atoms with E-state index in [1.807, 2.05) is 5.38 Å². The molecule has 3 nitrogen and oxygen atoms in total. The van der Waals surface area contributed by atoms with Crippen LogP contribution in [0.15, 0.2) is 17.8 Å². The molecule has 0 amide bonds. The molecule has 0 saturated carbocycles. The number of nitrogens with one attached hydrogen (secondary N) is 1. The van der Waals surface area contributed by atoms with E-state index in [2.05, 4.69) is 53.6 Å². The molecule has 112 valence electrons. The molecular formula is C16H23N3SSi. The zero-order valence-electron chi connectivity index (χ0n) is 13.1. The van der Waals surface area contributed by atoms with E-state index < -0.39 is 8.07 Å². The van der Waals surface area contributed by atoms with Crippen LogP contribution in [0.25, 0.3) is 10.2 Å². The van der Waals surface area contributed by atoms with Gasteiger partial charge in [0.2, 0.25) is 0 Å². The molecule has 2 aromatic heterocycles. The molecule has 0 bridgehead atoms. The maximum Gasteiger partial charge on any atom is 0.138 e. The third-order valence-corrected chi connectivity index (χ3v) is 9.78. The molecule has 0 radical (unpaired) electrons. The van der Waals surface area contributed by atoms with Gasteiger partial charge >= 0.3 is 0 Å². The fourth-order valence-electron chi connectivity index (χ4n) is 2.44. The highest BCUT2D eigenvalue weighted by Crippen LogP contribution is 2.23. The minimum atomic E-state index is -1.29. The number of rotatable bonds is 6. The summed E-state index contributed by atoms with van der Waals surface area (Å²) in [4.78, 5) is 9.61. The molecule has 1 N–H and O–H groups in total. The number of anilines is 1. The highest BCUT2D eigenvalue weighted by Gasteiger charge is 2.23. The van der Waals surface area contributed by atoms with Gasteiger partial charge in [-0.25, -0.2) is 9.97 Å². The Balaban J connectivity index is 1.92. The molecule has 21 heavy (non-hydrogen) atoms. The number of fused-ring (bicyclic) bond motifs is 1. The van der Waals surface area contributed by atoms with E-state index in [1.165, 1.54) is 18.1 Å². The smallest absolute Gasteiger partial charge is 0.138 e. The molecule has 0 unspecified atom stereocenters. The van der Waals surface area contributed by atoms with Crippen LogP contribution < -0.4 is 5.32 Å². The highest BCUT2D eigenvalue weighted by atomic mass is 32.1. The summed E-state index contributed by atoms with van der Waals surface area (Å²) in [6.45, 7) is 7.72. The first-order valence-electron chi connectivity index (χ1n) is 7.66. The van der Waals surface area contributed by atoms with Gasteiger partial charge in [0.1, 0.15) is 25.0 Å². The largest absolute Gasteiger partial charge is 0.368 e. The van der Waals surface area contributed by atoms with Crippen LogP contribution in [0, 0.1) is 11.5 Å². The lowest BCUT2D eigenvalue weighted by atomic mass is 10.3. The van der Waals surface area contributed by atoms with Crippen molar-refractivity contribution < 1.29 is 0 Å². The first kappa shape index (κ1) is 16.0. The van der Waals surface area contributed by atoms with Gasteiger partial charge in [-0.3, -0.25) is 0 Å². The molecule has 0 fully saturated rings. The van der Waals surface area contributed by atoms with Crippen LogP contribution in [-0.2, 0) is 0 Å². The Kier molecular flexibility index (Phi) is 5.77. The molecule has 0 aliphatic carbocycles. The molecule has 0 aromatic carbocycles. The molecule has 2 aromatic rings. The van der Waals surface area contributed by atoms with Gasteiger partial charge in [0, 0.05) is 13.0 Å². The lowest BCUT2D eigenvalue weighted by Gasteiger charge is -2.20. The molecule has 5 heteroatoms. The summed E-state index contributed by atoms with van der Waals surface area (Å²) in [5.74, 6) is 4.32. The number of hydrogen-bond acceptors (Lipinski definition) is 4. The SMILES string of the molecule is CC[Si](C#CCCNc1ncnc2sccc12)(CC)CC. The predicted molar refractivity (Wildman–Crippen MR) is 95.5 cm³/mol. The van der Waals surface area contributed by atoms with Gasteiger partial charge in [0.15, 0.2) is 0 Å². The Morgan fingerprint density at radius 2 is 1.95 bits per heavy atom.